The summed E-state index contributed by atoms with van der Waals surface area (Å²) in [6, 6.07) is 7.51. The van der Waals surface area contributed by atoms with Gasteiger partial charge in [-0.3, -0.25) is 4.90 Å². The highest BCUT2D eigenvalue weighted by Gasteiger charge is 2.13. The van der Waals surface area contributed by atoms with Crippen LogP contribution in [0.5, 0.6) is 0 Å². The zero-order chi connectivity index (χ0) is 10.7. The number of nitrogens with zero attached hydrogens (tertiary/aromatic N) is 2. The van der Waals surface area contributed by atoms with Crippen molar-refractivity contribution in [2.45, 2.75) is 6.04 Å². The molecule has 0 N–H and O–H groups in total. The summed E-state index contributed by atoms with van der Waals surface area (Å²) >= 11 is 9.20. The first kappa shape index (κ1) is 11.5. The van der Waals surface area contributed by atoms with Gasteiger partial charge in [0.2, 0.25) is 0 Å². The van der Waals surface area contributed by atoms with E-state index in [1.165, 1.54) is 0 Å². The molecule has 0 bridgehead atoms. The second kappa shape index (κ2) is 4.79. The maximum absolute atomic E-state index is 8.97. The lowest BCUT2D eigenvalue weighted by Gasteiger charge is -2.17. The van der Waals surface area contributed by atoms with Crippen LogP contribution in [0.4, 0.5) is 0 Å². The summed E-state index contributed by atoms with van der Waals surface area (Å²) in [4.78, 5) is 1.86. The number of nitriles is 1. The molecule has 0 fully saturated rings. The van der Waals surface area contributed by atoms with Crippen molar-refractivity contribution in [1.29, 1.82) is 5.26 Å². The predicted octanol–water partition coefficient (Wildman–Crippen LogP) is 3.23. The van der Waals surface area contributed by atoms with E-state index in [-0.39, 0.29) is 6.04 Å². The maximum atomic E-state index is 8.97. The van der Waals surface area contributed by atoms with Crippen LogP contribution in [0.1, 0.15) is 11.6 Å². The Morgan fingerprint density at radius 2 is 2.14 bits per heavy atom. The molecule has 74 valence electrons. The van der Waals surface area contributed by atoms with Crippen LogP contribution in [-0.4, -0.2) is 19.0 Å². The second-order valence-corrected chi connectivity index (χ2v) is 4.43. The Balaban J connectivity index is 3.08. The summed E-state index contributed by atoms with van der Waals surface area (Å²) in [6.07, 6.45) is 0. The third-order valence-electron chi connectivity index (χ3n) is 1.90. The average Bonchev–Trinajstić information content (AvgIpc) is 2.11. The fourth-order valence-electron chi connectivity index (χ4n) is 1.17. The number of hydrogen-bond acceptors (Lipinski definition) is 2. The molecule has 1 rings (SSSR count). The number of halogens is 2. The van der Waals surface area contributed by atoms with E-state index in [4.69, 9.17) is 16.9 Å². The summed E-state index contributed by atoms with van der Waals surface area (Å²) < 4.78 is 0.818. The quantitative estimate of drug-likeness (QED) is 0.827. The van der Waals surface area contributed by atoms with Crippen LogP contribution in [0.3, 0.4) is 0 Å². The van der Waals surface area contributed by atoms with E-state index in [9.17, 15) is 0 Å². The first-order chi connectivity index (χ1) is 6.56. The smallest absolute Gasteiger partial charge is 0.123 e. The molecule has 1 aromatic carbocycles. The van der Waals surface area contributed by atoms with Crippen molar-refractivity contribution >= 4 is 27.5 Å². The molecule has 1 aromatic rings. The Kier molecular flexibility index (Phi) is 3.94. The standard InChI is InChI=1S/C10H10BrClN2/c1-14(2)10(6-13)7-3-4-9(12)8(11)5-7/h3-5,10H,1-2H3. The highest BCUT2D eigenvalue weighted by atomic mass is 79.9. The molecule has 4 heteroatoms. The molecule has 1 unspecified atom stereocenters. The molecule has 0 amide bonds. The molecule has 0 saturated heterocycles. The molecule has 0 aliphatic heterocycles. The first-order valence-electron chi connectivity index (χ1n) is 4.07. The molecule has 0 aliphatic rings. The van der Waals surface area contributed by atoms with E-state index in [2.05, 4.69) is 22.0 Å². The number of benzene rings is 1. The fraction of sp³-hybridized carbons (Fsp3) is 0.300. The summed E-state index contributed by atoms with van der Waals surface area (Å²) in [7, 11) is 3.74. The van der Waals surface area contributed by atoms with Crippen LogP contribution in [0, 0.1) is 11.3 Å². The van der Waals surface area contributed by atoms with Crippen molar-refractivity contribution in [3.8, 4) is 6.07 Å². The molecule has 0 saturated carbocycles. The highest BCUT2D eigenvalue weighted by Crippen LogP contribution is 2.27. The van der Waals surface area contributed by atoms with Crippen LogP contribution >= 0.6 is 27.5 Å². The van der Waals surface area contributed by atoms with Gasteiger partial charge in [0.1, 0.15) is 6.04 Å². The summed E-state index contributed by atoms with van der Waals surface area (Å²) in [5.74, 6) is 0. The van der Waals surface area contributed by atoms with Gasteiger partial charge in [-0.25, -0.2) is 0 Å². The van der Waals surface area contributed by atoms with Gasteiger partial charge in [0.25, 0.3) is 0 Å². The Bertz CT molecular complexity index is 371. The van der Waals surface area contributed by atoms with Crippen molar-refractivity contribution in [3.05, 3.63) is 33.3 Å². The van der Waals surface area contributed by atoms with E-state index in [1.807, 2.05) is 31.1 Å². The Labute approximate surface area is 97.2 Å². The highest BCUT2D eigenvalue weighted by molar-refractivity contribution is 9.10. The van der Waals surface area contributed by atoms with Gasteiger partial charge in [0, 0.05) is 4.47 Å². The maximum Gasteiger partial charge on any atom is 0.123 e. The lowest BCUT2D eigenvalue weighted by Crippen LogP contribution is -2.18. The van der Waals surface area contributed by atoms with Crippen LogP contribution in [0.2, 0.25) is 5.02 Å². The van der Waals surface area contributed by atoms with Crippen molar-refractivity contribution in [2.24, 2.45) is 0 Å². The van der Waals surface area contributed by atoms with Gasteiger partial charge in [-0.15, -0.1) is 0 Å². The number of hydrogen-bond donors (Lipinski definition) is 0. The zero-order valence-corrected chi connectivity index (χ0v) is 10.3. The fourth-order valence-corrected chi connectivity index (χ4v) is 1.68. The van der Waals surface area contributed by atoms with Gasteiger partial charge in [-0.1, -0.05) is 17.7 Å². The van der Waals surface area contributed by atoms with Crippen molar-refractivity contribution < 1.29 is 0 Å². The van der Waals surface area contributed by atoms with E-state index in [0.717, 1.165) is 10.0 Å². The zero-order valence-electron chi connectivity index (χ0n) is 7.96. The molecular formula is C10H10BrClN2. The Morgan fingerprint density at radius 3 is 2.57 bits per heavy atom. The molecule has 2 nitrogen and oxygen atoms in total. The second-order valence-electron chi connectivity index (χ2n) is 3.17. The summed E-state index contributed by atoms with van der Waals surface area (Å²) in [6.45, 7) is 0. The van der Waals surface area contributed by atoms with Crippen LogP contribution < -0.4 is 0 Å². The normalized spacial score (nSPS) is 12.6. The van der Waals surface area contributed by atoms with Crippen LogP contribution in [-0.2, 0) is 0 Å². The minimum atomic E-state index is -0.233. The van der Waals surface area contributed by atoms with Gasteiger partial charge in [0.05, 0.1) is 11.1 Å². The Morgan fingerprint density at radius 1 is 1.50 bits per heavy atom. The molecule has 0 aromatic heterocycles. The average molecular weight is 274 g/mol. The van der Waals surface area contributed by atoms with E-state index < -0.39 is 0 Å². The van der Waals surface area contributed by atoms with Gasteiger partial charge in [0.15, 0.2) is 0 Å². The lowest BCUT2D eigenvalue weighted by molar-refractivity contribution is 0.358. The molecule has 0 spiro atoms. The SMILES string of the molecule is CN(C)C(C#N)c1ccc(Cl)c(Br)c1. The Hall–Kier alpha value is -0.560. The molecule has 1 atom stereocenters. The van der Waals surface area contributed by atoms with Crippen molar-refractivity contribution in [2.75, 3.05) is 14.1 Å². The lowest BCUT2D eigenvalue weighted by atomic mass is 10.1. The van der Waals surface area contributed by atoms with Crippen LogP contribution in [0.25, 0.3) is 0 Å². The van der Waals surface area contributed by atoms with Gasteiger partial charge < -0.3 is 0 Å². The van der Waals surface area contributed by atoms with Gasteiger partial charge in [-0.05, 0) is 47.7 Å². The molecule has 0 heterocycles. The largest absolute Gasteiger partial charge is 0.291 e. The molecular weight excluding hydrogens is 263 g/mol. The first-order valence-corrected chi connectivity index (χ1v) is 5.24. The van der Waals surface area contributed by atoms with Gasteiger partial charge in [-0.2, -0.15) is 5.26 Å². The van der Waals surface area contributed by atoms with Crippen LogP contribution in [0.15, 0.2) is 22.7 Å². The van der Waals surface area contributed by atoms with Gasteiger partial charge >= 0.3 is 0 Å². The van der Waals surface area contributed by atoms with E-state index in [1.54, 1.807) is 6.07 Å². The minimum absolute atomic E-state index is 0.233. The molecule has 14 heavy (non-hydrogen) atoms. The van der Waals surface area contributed by atoms with E-state index >= 15 is 0 Å². The third-order valence-corrected chi connectivity index (χ3v) is 3.11. The molecule has 0 radical (unpaired) electrons. The number of rotatable bonds is 2. The summed E-state index contributed by atoms with van der Waals surface area (Å²) in [5.41, 5.74) is 0.939. The summed E-state index contributed by atoms with van der Waals surface area (Å²) in [5, 5.41) is 9.63. The van der Waals surface area contributed by atoms with Crippen molar-refractivity contribution in [3.63, 3.8) is 0 Å². The monoisotopic (exact) mass is 272 g/mol. The molecule has 0 aliphatic carbocycles. The minimum Gasteiger partial charge on any atom is -0.291 e. The van der Waals surface area contributed by atoms with E-state index in [0.29, 0.717) is 5.02 Å². The topological polar surface area (TPSA) is 27.0 Å². The van der Waals surface area contributed by atoms with Crippen molar-refractivity contribution in [1.82, 2.24) is 4.90 Å². The predicted molar refractivity (Wildman–Crippen MR) is 61.2 cm³/mol. The third kappa shape index (κ3) is 2.48.